The highest BCUT2D eigenvalue weighted by molar-refractivity contribution is 9.11. The van der Waals surface area contributed by atoms with Gasteiger partial charge in [-0.1, -0.05) is 31.9 Å². The lowest BCUT2D eigenvalue weighted by atomic mass is 9.68. The summed E-state index contributed by atoms with van der Waals surface area (Å²) in [5.74, 6) is 3.83. The van der Waals surface area contributed by atoms with Crippen LogP contribution in [0.4, 0.5) is 0 Å². The van der Waals surface area contributed by atoms with Gasteiger partial charge < -0.3 is 4.74 Å². The van der Waals surface area contributed by atoms with Gasteiger partial charge in [0, 0.05) is 8.95 Å². The largest absolute Gasteiger partial charge is 0.493 e. The zero-order valence-electron chi connectivity index (χ0n) is 10.2. The Labute approximate surface area is 125 Å². The number of hydrogen-bond donors (Lipinski definition) is 0. The SMILES string of the molecule is Brc1cc(Br)cc(OCC2CC3CC34CCC24)c1. The molecule has 1 nitrogen and oxygen atoms in total. The zero-order valence-corrected chi connectivity index (χ0v) is 13.3. The first-order chi connectivity index (χ1) is 8.67. The molecule has 0 aromatic heterocycles. The van der Waals surface area contributed by atoms with Crippen molar-refractivity contribution in [3.8, 4) is 5.75 Å². The molecule has 96 valence electrons. The first-order valence-electron chi connectivity index (χ1n) is 6.76. The Morgan fingerprint density at radius 3 is 2.61 bits per heavy atom. The van der Waals surface area contributed by atoms with Crippen LogP contribution in [0.3, 0.4) is 0 Å². The van der Waals surface area contributed by atoms with Crippen LogP contribution in [-0.2, 0) is 0 Å². The van der Waals surface area contributed by atoms with Crippen molar-refractivity contribution in [3.05, 3.63) is 27.1 Å². The lowest BCUT2D eigenvalue weighted by Crippen LogP contribution is -2.32. The summed E-state index contributed by atoms with van der Waals surface area (Å²) >= 11 is 7.01. The van der Waals surface area contributed by atoms with Gasteiger partial charge in [0.2, 0.25) is 0 Å². The monoisotopic (exact) mass is 370 g/mol. The highest BCUT2D eigenvalue weighted by Crippen LogP contribution is 2.77. The van der Waals surface area contributed by atoms with Crippen LogP contribution in [0.5, 0.6) is 5.75 Å². The number of ether oxygens (including phenoxy) is 1. The predicted molar refractivity (Wildman–Crippen MR) is 78.7 cm³/mol. The van der Waals surface area contributed by atoms with E-state index in [0.717, 1.165) is 44.5 Å². The second-order valence-electron chi connectivity index (χ2n) is 6.19. The molecule has 4 atom stereocenters. The van der Waals surface area contributed by atoms with Gasteiger partial charge in [0.15, 0.2) is 0 Å². The maximum atomic E-state index is 6.01. The minimum atomic E-state index is 0.811. The highest BCUT2D eigenvalue weighted by Gasteiger charge is 2.70. The maximum Gasteiger partial charge on any atom is 0.121 e. The molecule has 0 saturated heterocycles. The Morgan fingerprint density at radius 2 is 2.00 bits per heavy atom. The molecule has 0 amide bonds. The third-order valence-electron chi connectivity index (χ3n) is 5.40. The highest BCUT2D eigenvalue weighted by atomic mass is 79.9. The molecule has 0 N–H and O–H groups in total. The normalized spacial score (nSPS) is 39.8. The number of rotatable bonds is 3. The van der Waals surface area contributed by atoms with Crippen LogP contribution < -0.4 is 4.74 Å². The van der Waals surface area contributed by atoms with E-state index < -0.39 is 0 Å². The number of halogens is 2. The average Bonchev–Trinajstić information content (AvgIpc) is 2.95. The molecule has 3 aliphatic carbocycles. The van der Waals surface area contributed by atoms with E-state index in [9.17, 15) is 0 Å². The van der Waals surface area contributed by atoms with Gasteiger partial charge in [0.25, 0.3) is 0 Å². The summed E-state index contributed by atoms with van der Waals surface area (Å²) in [6.45, 7) is 0.909. The molecule has 0 heterocycles. The Hall–Kier alpha value is -0.0200. The van der Waals surface area contributed by atoms with Gasteiger partial charge in [-0.15, -0.1) is 0 Å². The summed E-state index contributed by atoms with van der Waals surface area (Å²) in [5.41, 5.74) is 0.811. The standard InChI is InChI=1S/C15H16Br2O/c16-11-4-12(17)6-13(5-11)18-8-9-3-10-7-15(10)2-1-14(9)15/h4-6,9-10,14H,1-3,7-8H2. The van der Waals surface area contributed by atoms with Crippen molar-refractivity contribution < 1.29 is 4.74 Å². The molecule has 1 aromatic rings. The number of hydrogen-bond acceptors (Lipinski definition) is 1. The topological polar surface area (TPSA) is 9.23 Å². The fourth-order valence-electron chi connectivity index (χ4n) is 4.39. The maximum absolute atomic E-state index is 6.01. The summed E-state index contributed by atoms with van der Waals surface area (Å²) in [5, 5.41) is 0. The van der Waals surface area contributed by atoms with Crippen molar-refractivity contribution in [2.24, 2.45) is 23.2 Å². The van der Waals surface area contributed by atoms with E-state index in [1.54, 1.807) is 0 Å². The van der Waals surface area contributed by atoms with Gasteiger partial charge in [-0.05, 0) is 67.1 Å². The molecule has 0 bridgehead atoms. The van der Waals surface area contributed by atoms with Crippen LogP contribution >= 0.6 is 31.9 Å². The van der Waals surface area contributed by atoms with Crippen molar-refractivity contribution in [3.63, 3.8) is 0 Å². The second kappa shape index (κ2) is 3.99. The van der Waals surface area contributed by atoms with Crippen LogP contribution in [0.15, 0.2) is 27.1 Å². The summed E-state index contributed by atoms with van der Waals surface area (Å²) in [6.07, 6.45) is 5.89. The molecule has 3 fully saturated rings. The van der Waals surface area contributed by atoms with Crippen LogP contribution in [0, 0.1) is 23.2 Å². The van der Waals surface area contributed by atoms with Crippen molar-refractivity contribution in [2.45, 2.75) is 25.7 Å². The van der Waals surface area contributed by atoms with Crippen LogP contribution in [0.1, 0.15) is 25.7 Å². The van der Waals surface area contributed by atoms with Crippen molar-refractivity contribution >= 4 is 31.9 Å². The van der Waals surface area contributed by atoms with Crippen molar-refractivity contribution in [2.75, 3.05) is 6.61 Å². The van der Waals surface area contributed by atoms with E-state index >= 15 is 0 Å². The lowest BCUT2D eigenvalue weighted by Gasteiger charge is -2.38. The summed E-state index contributed by atoms with van der Waals surface area (Å²) in [7, 11) is 0. The summed E-state index contributed by atoms with van der Waals surface area (Å²) in [6, 6.07) is 6.15. The average molecular weight is 372 g/mol. The second-order valence-corrected chi connectivity index (χ2v) is 8.02. The molecule has 4 unspecified atom stereocenters. The molecule has 3 saturated carbocycles. The third-order valence-corrected chi connectivity index (χ3v) is 6.31. The van der Waals surface area contributed by atoms with E-state index in [1.165, 1.54) is 25.7 Å². The molecular formula is C15H16Br2O. The number of benzene rings is 1. The molecule has 1 aromatic carbocycles. The van der Waals surface area contributed by atoms with E-state index in [2.05, 4.69) is 44.0 Å². The smallest absolute Gasteiger partial charge is 0.121 e. The molecule has 3 aliphatic rings. The zero-order chi connectivity index (χ0) is 12.3. The van der Waals surface area contributed by atoms with Crippen molar-refractivity contribution in [1.82, 2.24) is 0 Å². The Morgan fingerprint density at radius 1 is 1.22 bits per heavy atom. The predicted octanol–water partition coefficient (Wildman–Crippen LogP) is 5.03. The quantitative estimate of drug-likeness (QED) is 0.724. The van der Waals surface area contributed by atoms with Gasteiger partial charge in [0.05, 0.1) is 6.61 Å². The van der Waals surface area contributed by atoms with Gasteiger partial charge in [-0.3, -0.25) is 0 Å². The van der Waals surface area contributed by atoms with Crippen LogP contribution in [-0.4, -0.2) is 6.61 Å². The Balaban J connectivity index is 1.41. The van der Waals surface area contributed by atoms with Gasteiger partial charge in [0.1, 0.15) is 5.75 Å². The van der Waals surface area contributed by atoms with Gasteiger partial charge in [-0.25, -0.2) is 0 Å². The fourth-order valence-corrected chi connectivity index (χ4v) is 5.65. The van der Waals surface area contributed by atoms with E-state index in [0.29, 0.717) is 0 Å². The Kier molecular flexibility index (Phi) is 2.61. The summed E-state index contributed by atoms with van der Waals surface area (Å²) < 4.78 is 8.15. The Bertz CT molecular complexity index is 477. The minimum Gasteiger partial charge on any atom is -0.493 e. The summed E-state index contributed by atoms with van der Waals surface area (Å²) in [4.78, 5) is 0. The van der Waals surface area contributed by atoms with E-state index in [1.807, 2.05) is 6.07 Å². The lowest BCUT2D eigenvalue weighted by molar-refractivity contribution is 0.0860. The van der Waals surface area contributed by atoms with E-state index in [-0.39, 0.29) is 0 Å². The molecule has 3 heteroatoms. The molecule has 0 aliphatic heterocycles. The van der Waals surface area contributed by atoms with Gasteiger partial charge in [-0.2, -0.15) is 0 Å². The molecule has 18 heavy (non-hydrogen) atoms. The first kappa shape index (κ1) is 11.8. The fraction of sp³-hybridized carbons (Fsp3) is 0.600. The van der Waals surface area contributed by atoms with Crippen molar-refractivity contribution in [1.29, 1.82) is 0 Å². The van der Waals surface area contributed by atoms with Crippen LogP contribution in [0.2, 0.25) is 0 Å². The first-order valence-corrected chi connectivity index (χ1v) is 8.35. The van der Waals surface area contributed by atoms with Gasteiger partial charge >= 0.3 is 0 Å². The van der Waals surface area contributed by atoms with E-state index in [4.69, 9.17) is 4.74 Å². The molecular weight excluding hydrogens is 356 g/mol. The van der Waals surface area contributed by atoms with Crippen LogP contribution in [0.25, 0.3) is 0 Å². The molecule has 4 rings (SSSR count). The third kappa shape index (κ3) is 1.70. The minimum absolute atomic E-state index is 0.811. The molecule has 1 spiro atoms. The molecule has 0 radical (unpaired) electrons.